The van der Waals surface area contributed by atoms with Gasteiger partial charge in [-0.05, 0) is 36.5 Å². The van der Waals surface area contributed by atoms with Gasteiger partial charge in [-0.2, -0.15) is 11.8 Å². The van der Waals surface area contributed by atoms with Crippen LogP contribution in [0, 0.1) is 0 Å². The number of nitrogen functional groups attached to an aromatic ring is 1. The smallest absolute Gasteiger partial charge is 0.157 e. The quantitative estimate of drug-likeness (QED) is 0.863. The molecule has 0 radical (unpaired) electrons. The van der Waals surface area contributed by atoms with Gasteiger partial charge in [0.2, 0.25) is 0 Å². The van der Waals surface area contributed by atoms with Crippen LogP contribution >= 0.6 is 23.4 Å². The molecule has 3 nitrogen and oxygen atoms in total. The number of rotatable bonds is 1. The van der Waals surface area contributed by atoms with Gasteiger partial charge in [0, 0.05) is 12.1 Å². The minimum Gasteiger partial charge on any atom is -0.397 e. The van der Waals surface area contributed by atoms with Gasteiger partial charge in [0.25, 0.3) is 0 Å². The van der Waals surface area contributed by atoms with Crippen LogP contribution in [0.4, 0.5) is 5.69 Å². The molecule has 5 heteroatoms. The highest BCUT2D eigenvalue weighted by molar-refractivity contribution is 7.99. The van der Waals surface area contributed by atoms with E-state index < -0.39 is 0 Å². The van der Waals surface area contributed by atoms with E-state index in [1.165, 1.54) is 24.3 Å². The van der Waals surface area contributed by atoms with Crippen molar-refractivity contribution in [2.24, 2.45) is 0 Å². The van der Waals surface area contributed by atoms with E-state index >= 15 is 0 Å². The lowest BCUT2D eigenvalue weighted by molar-refractivity contribution is 0.596. The van der Waals surface area contributed by atoms with E-state index in [1.807, 2.05) is 30.1 Å². The maximum absolute atomic E-state index is 6.19. The third kappa shape index (κ3) is 1.89. The molecule has 1 aliphatic heterocycles. The lowest BCUT2D eigenvalue weighted by atomic mass is 10.0. The number of fused-ring (bicyclic) bond motifs is 1. The summed E-state index contributed by atoms with van der Waals surface area (Å²) in [5.74, 6) is 4.00. The lowest BCUT2D eigenvalue weighted by Crippen LogP contribution is -2.11. The Balaban J connectivity index is 2.13. The van der Waals surface area contributed by atoms with Crippen LogP contribution in [0.3, 0.4) is 0 Å². The van der Waals surface area contributed by atoms with Crippen LogP contribution in [0.5, 0.6) is 0 Å². The van der Waals surface area contributed by atoms with Crippen LogP contribution in [-0.4, -0.2) is 20.9 Å². The first-order chi connectivity index (χ1) is 8.27. The molecule has 0 amide bonds. The van der Waals surface area contributed by atoms with Crippen molar-refractivity contribution in [1.29, 1.82) is 0 Å². The first-order valence-corrected chi connectivity index (χ1v) is 7.30. The van der Waals surface area contributed by atoms with Crippen molar-refractivity contribution in [3.63, 3.8) is 0 Å². The first-order valence-electron chi connectivity index (χ1n) is 5.77. The molecule has 1 aliphatic rings. The molecule has 3 rings (SSSR count). The van der Waals surface area contributed by atoms with E-state index in [0.29, 0.717) is 16.8 Å². The Labute approximate surface area is 109 Å². The fraction of sp³-hybridized carbons (Fsp3) is 0.417. The van der Waals surface area contributed by atoms with Gasteiger partial charge in [-0.25, -0.2) is 4.98 Å². The first kappa shape index (κ1) is 11.2. The number of nitrogens with two attached hydrogens (primary N) is 1. The molecule has 3 heterocycles. The fourth-order valence-corrected chi connectivity index (χ4v) is 3.78. The van der Waals surface area contributed by atoms with E-state index in [0.717, 1.165) is 11.3 Å². The number of halogens is 1. The van der Waals surface area contributed by atoms with Gasteiger partial charge < -0.3 is 10.1 Å². The minimum atomic E-state index is 0.512. The molecule has 2 aromatic heterocycles. The number of hydrogen-bond acceptors (Lipinski definition) is 3. The molecule has 0 aliphatic carbocycles. The number of thioether (sulfide) groups is 1. The lowest BCUT2D eigenvalue weighted by Gasteiger charge is -2.20. The fourth-order valence-electron chi connectivity index (χ4n) is 2.39. The largest absolute Gasteiger partial charge is 0.397 e. The summed E-state index contributed by atoms with van der Waals surface area (Å²) in [6.45, 7) is 0. The molecule has 2 N–H and O–H groups in total. The molecular weight excluding hydrogens is 254 g/mol. The van der Waals surface area contributed by atoms with Crippen LogP contribution in [0.1, 0.15) is 24.6 Å². The Kier molecular flexibility index (Phi) is 2.92. The molecule has 0 unspecified atom stereocenters. The number of pyridine rings is 1. The van der Waals surface area contributed by atoms with Gasteiger partial charge >= 0.3 is 0 Å². The van der Waals surface area contributed by atoms with Gasteiger partial charge in [0.1, 0.15) is 11.3 Å². The molecular formula is C12H14ClN3S. The average molecular weight is 268 g/mol. The Bertz CT molecular complexity index is 546. The summed E-state index contributed by atoms with van der Waals surface area (Å²) in [5, 5.41) is 0.524. The molecule has 90 valence electrons. The van der Waals surface area contributed by atoms with Crippen LogP contribution < -0.4 is 5.73 Å². The van der Waals surface area contributed by atoms with Crippen molar-refractivity contribution < 1.29 is 0 Å². The second-order valence-corrected chi connectivity index (χ2v) is 5.91. The van der Waals surface area contributed by atoms with Gasteiger partial charge in [-0.1, -0.05) is 11.6 Å². The van der Waals surface area contributed by atoms with Crippen molar-refractivity contribution in [3.8, 4) is 0 Å². The van der Waals surface area contributed by atoms with E-state index in [2.05, 4.69) is 9.38 Å². The van der Waals surface area contributed by atoms with Gasteiger partial charge in [-0.3, -0.25) is 0 Å². The van der Waals surface area contributed by atoms with Crippen molar-refractivity contribution in [2.75, 3.05) is 17.2 Å². The summed E-state index contributed by atoms with van der Waals surface area (Å²) in [4.78, 5) is 4.51. The van der Waals surface area contributed by atoms with Crippen molar-refractivity contribution in [2.45, 2.75) is 18.8 Å². The summed E-state index contributed by atoms with van der Waals surface area (Å²) < 4.78 is 2.05. The van der Waals surface area contributed by atoms with Crippen LogP contribution in [0.25, 0.3) is 5.52 Å². The molecule has 0 bridgehead atoms. The normalized spacial score (nSPS) is 17.7. The third-order valence-electron chi connectivity index (χ3n) is 3.27. The number of aromatic nitrogens is 2. The molecule has 0 spiro atoms. The zero-order valence-corrected chi connectivity index (χ0v) is 11.0. The molecule has 0 aromatic carbocycles. The monoisotopic (exact) mass is 267 g/mol. The van der Waals surface area contributed by atoms with E-state index in [9.17, 15) is 0 Å². The number of anilines is 1. The molecule has 0 atom stereocenters. The second-order valence-electron chi connectivity index (χ2n) is 4.33. The summed E-state index contributed by atoms with van der Waals surface area (Å²) in [7, 11) is 0. The predicted octanol–water partition coefficient (Wildman–Crippen LogP) is 3.18. The van der Waals surface area contributed by atoms with Crippen molar-refractivity contribution in [1.82, 2.24) is 9.38 Å². The third-order valence-corrected chi connectivity index (χ3v) is 4.58. The highest BCUT2D eigenvalue weighted by Crippen LogP contribution is 2.34. The SMILES string of the molecule is Nc1cccn2c(C3CCSCC3)nc(Cl)c12. The highest BCUT2D eigenvalue weighted by atomic mass is 35.5. The Hall–Kier alpha value is -0.870. The number of imidazole rings is 1. The van der Waals surface area contributed by atoms with E-state index in [1.54, 1.807) is 0 Å². The van der Waals surface area contributed by atoms with E-state index in [4.69, 9.17) is 17.3 Å². The van der Waals surface area contributed by atoms with Gasteiger partial charge in [0.05, 0.1) is 5.69 Å². The summed E-state index contributed by atoms with van der Waals surface area (Å²) in [5.41, 5.74) is 7.50. The predicted molar refractivity (Wildman–Crippen MR) is 73.9 cm³/mol. The molecule has 1 fully saturated rings. The summed E-state index contributed by atoms with van der Waals surface area (Å²) >= 11 is 8.20. The van der Waals surface area contributed by atoms with Crippen molar-refractivity contribution in [3.05, 3.63) is 29.3 Å². The maximum Gasteiger partial charge on any atom is 0.157 e. The van der Waals surface area contributed by atoms with Crippen molar-refractivity contribution >= 4 is 34.6 Å². The van der Waals surface area contributed by atoms with E-state index in [-0.39, 0.29) is 0 Å². The van der Waals surface area contributed by atoms with Gasteiger partial charge in [-0.15, -0.1) is 0 Å². The Morgan fingerprint density at radius 2 is 2.18 bits per heavy atom. The van der Waals surface area contributed by atoms with Crippen LogP contribution in [0.2, 0.25) is 5.15 Å². The Morgan fingerprint density at radius 1 is 1.41 bits per heavy atom. The molecule has 17 heavy (non-hydrogen) atoms. The maximum atomic E-state index is 6.19. The average Bonchev–Trinajstić information content (AvgIpc) is 2.69. The standard InChI is InChI=1S/C12H14ClN3S/c13-11-10-9(14)2-1-5-16(10)12(15-11)8-3-6-17-7-4-8/h1-2,5,8H,3-4,6-7,14H2. The summed E-state index contributed by atoms with van der Waals surface area (Å²) in [6, 6.07) is 3.81. The van der Waals surface area contributed by atoms with Crippen LogP contribution in [-0.2, 0) is 0 Å². The number of nitrogens with zero attached hydrogens (tertiary/aromatic N) is 2. The molecule has 2 aromatic rings. The highest BCUT2D eigenvalue weighted by Gasteiger charge is 2.22. The number of hydrogen-bond donors (Lipinski definition) is 1. The zero-order chi connectivity index (χ0) is 11.8. The molecule has 1 saturated heterocycles. The Morgan fingerprint density at radius 3 is 2.94 bits per heavy atom. The second kappa shape index (κ2) is 4.42. The topological polar surface area (TPSA) is 43.3 Å². The minimum absolute atomic E-state index is 0.512. The van der Waals surface area contributed by atoms with Gasteiger partial charge in [0.15, 0.2) is 5.15 Å². The zero-order valence-electron chi connectivity index (χ0n) is 9.40. The van der Waals surface area contributed by atoms with Crippen LogP contribution in [0.15, 0.2) is 18.3 Å². The summed E-state index contributed by atoms with van der Waals surface area (Å²) in [6.07, 6.45) is 4.35. The molecule has 0 saturated carbocycles.